The molecule has 1 unspecified atom stereocenters. The quantitative estimate of drug-likeness (QED) is 0.673. The van der Waals surface area contributed by atoms with Crippen molar-refractivity contribution in [3.8, 4) is 0 Å². The average Bonchev–Trinajstić information content (AvgIpc) is 2.83. The second-order valence-electron chi connectivity index (χ2n) is 8.76. The lowest BCUT2D eigenvalue weighted by molar-refractivity contribution is -0.160. The van der Waals surface area contributed by atoms with Crippen LogP contribution >= 0.6 is 0 Å². The molecule has 5 rings (SSSR count). The van der Waals surface area contributed by atoms with Crippen molar-refractivity contribution in [1.82, 2.24) is 9.80 Å². The normalized spacial score (nSPS) is 22.0. The number of amides is 4. The van der Waals surface area contributed by atoms with Crippen LogP contribution in [-0.2, 0) is 16.0 Å². The van der Waals surface area contributed by atoms with E-state index in [1.807, 2.05) is 29.2 Å². The van der Waals surface area contributed by atoms with Gasteiger partial charge < -0.3 is 9.80 Å². The highest BCUT2D eigenvalue weighted by Crippen LogP contribution is 2.47. The Balaban J connectivity index is 1.67. The molecule has 3 aliphatic heterocycles. The minimum atomic E-state index is -1.45. The van der Waals surface area contributed by atoms with E-state index in [4.69, 9.17) is 0 Å². The van der Waals surface area contributed by atoms with Crippen molar-refractivity contribution in [1.29, 1.82) is 0 Å². The summed E-state index contributed by atoms with van der Waals surface area (Å²) in [6, 6.07) is 13.3. The fourth-order valence-corrected chi connectivity index (χ4v) is 5.67. The van der Waals surface area contributed by atoms with Gasteiger partial charge in [-0.15, -0.1) is 0 Å². The second kappa shape index (κ2) is 7.86. The van der Waals surface area contributed by atoms with Crippen molar-refractivity contribution in [3.05, 3.63) is 59.9 Å². The maximum Gasteiger partial charge on any atom is 0.333 e. The lowest BCUT2D eigenvalue weighted by atomic mass is 9.67. The van der Waals surface area contributed by atoms with Crippen molar-refractivity contribution < 1.29 is 18.8 Å². The number of fused-ring (bicyclic) bond motifs is 4. The summed E-state index contributed by atoms with van der Waals surface area (Å²) in [6.45, 7) is 5.25. The van der Waals surface area contributed by atoms with Gasteiger partial charge in [-0.05, 0) is 44.0 Å². The molecule has 4 amide bonds. The first kappa shape index (κ1) is 21.4. The van der Waals surface area contributed by atoms with Crippen molar-refractivity contribution in [3.63, 3.8) is 0 Å². The highest BCUT2D eigenvalue weighted by Gasteiger charge is 2.64. The highest BCUT2D eigenvalue weighted by molar-refractivity contribution is 6.20. The molecule has 0 aliphatic carbocycles. The Morgan fingerprint density at radius 2 is 1.48 bits per heavy atom. The molecule has 3 heterocycles. The molecule has 2 aromatic rings. The van der Waals surface area contributed by atoms with Crippen molar-refractivity contribution >= 4 is 29.2 Å². The number of carbonyl (C=O) groups is 3. The molecule has 8 heteroatoms. The van der Waals surface area contributed by atoms with Gasteiger partial charge in [0.15, 0.2) is 5.41 Å². The number of nitrogens with zero attached hydrogens (tertiary/aromatic N) is 4. The number of piperazine rings is 1. The van der Waals surface area contributed by atoms with E-state index in [0.29, 0.717) is 25.3 Å². The summed E-state index contributed by atoms with van der Waals surface area (Å²) in [5.41, 5.74) is 0.914. The van der Waals surface area contributed by atoms with Crippen molar-refractivity contribution in [2.24, 2.45) is 5.41 Å². The number of urea groups is 1. The zero-order valence-electron chi connectivity index (χ0n) is 18.8. The second-order valence-corrected chi connectivity index (χ2v) is 8.76. The standard InChI is InChI=1S/C25H27FN4O3/c1-3-28-22(31)25(23(32)29(4-2)24(28)33)15-17-9-5-7-11-19(17)30-14-13-27(16-21(25)30)20-12-8-6-10-18(20)26/h5-12,21H,3-4,13-16H2,1-2H3. The van der Waals surface area contributed by atoms with E-state index in [9.17, 15) is 18.8 Å². The van der Waals surface area contributed by atoms with Crippen LogP contribution in [0.2, 0.25) is 0 Å². The van der Waals surface area contributed by atoms with Crippen LogP contribution in [-0.4, -0.2) is 66.4 Å². The van der Waals surface area contributed by atoms with Crippen LogP contribution < -0.4 is 9.80 Å². The van der Waals surface area contributed by atoms with Gasteiger partial charge in [0.05, 0.1) is 11.7 Å². The number of imide groups is 2. The number of para-hydroxylation sites is 2. The summed E-state index contributed by atoms with van der Waals surface area (Å²) in [5.74, 6) is -1.24. The van der Waals surface area contributed by atoms with Gasteiger partial charge in [0.2, 0.25) is 11.8 Å². The molecule has 0 saturated carbocycles. The smallest absolute Gasteiger partial charge is 0.333 e. The van der Waals surface area contributed by atoms with Crippen LogP contribution in [0.25, 0.3) is 0 Å². The number of anilines is 2. The van der Waals surface area contributed by atoms with E-state index in [1.165, 1.54) is 15.9 Å². The van der Waals surface area contributed by atoms with E-state index in [1.54, 1.807) is 32.0 Å². The first-order chi connectivity index (χ1) is 15.9. The molecule has 0 radical (unpaired) electrons. The molecule has 0 N–H and O–H groups in total. The fraction of sp³-hybridized carbons (Fsp3) is 0.400. The Kier molecular flexibility index (Phi) is 5.11. The summed E-state index contributed by atoms with van der Waals surface area (Å²) < 4.78 is 14.7. The molecule has 0 bridgehead atoms. The summed E-state index contributed by atoms with van der Waals surface area (Å²) in [4.78, 5) is 47.2. The van der Waals surface area contributed by atoms with Crippen LogP contribution in [0.3, 0.4) is 0 Å². The van der Waals surface area contributed by atoms with E-state index >= 15 is 0 Å². The number of barbiturate groups is 1. The van der Waals surface area contributed by atoms with Crippen LogP contribution in [0.5, 0.6) is 0 Å². The summed E-state index contributed by atoms with van der Waals surface area (Å²) in [6.07, 6.45) is 0.216. The topological polar surface area (TPSA) is 64.2 Å². The summed E-state index contributed by atoms with van der Waals surface area (Å²) in [7, 11) is 0. The van der Waals surface area contributed by atoms with Gasteiger partial charge in [0.25, 0.3) is 0 Å². The fourth-order valence-electron chi connectivity index (χ4n) is 5.67. The number of hydrogen-bond acceptors (Lipinski definition) is 5. The largest absolute Gasteiger partial charge is 0.365 e. The van der Waals surface area contributed by atoms with E-state index in [-0.39, 0.29) is 25.3 Å². The molecule has 2 saturated heterocycles. The zero-order valence-corrected chi connectivity index (χ0v) is 18.8. The Bertz CT molecular complexity index is 1110. The average molecular weight is 451 g/mol. The number of carbonyl (C=O) groups excluding carboxylic acids is 3. The first-order valence-electron chi connectivity index (χ1n) is 11.5. The lowest BCUT2D eigenvalue weighted by Crippen LogP contribution is -2.75. The van der Waals surface area contributed by atoms with E-state index < -0.39 is 29.3 Å². The van der Waals surface area contributed by atoms with Crippen LogP contribution in [0.15, 0.2) is 48.5 Å². The number of rotatable bonds is 3. The zero-order chi connectivity index (χ0) is 23.3. The third-order valence-electron chi connectivity index (χ3n) is 7.26. The van der Waals surface area contributed by atoms with Gasteiger partial charge in [-0.2, -0.15) is 0 Å². The minimum absolute atomic E-state index is 0.189. The predicted molar refractivity (Wildman–Crippen MR) is 122 cm³/mol. The molecule has 1 atom stereocenters. The van der Waals surface area contributed by atoms with E-state index in [2.05, 4.69) is 4.90 Å². The molecule has 2 aromatic carbocycles. The third kappa shape index (κ3) is 2.96. The summed E-state index contributed by atoms with van der Waals surface area (Å²) >= 11 is 0. The lowest BCUT2D eigenvalue weighted by Gasteiger charge is -2.57. The first-order valence-corrected chi connectivity index (χ1v) is 11.5. The molecular formula is C25H27FN4O3. The van der Waals surface area contributed by atoms with Crippen LogP contribution in [0, 0.1) is 11.2 Å². The van der Waals surface area contributed by atoms with Gasteiger partial charge in [-0.1, -0.05) is 30.3 Å². The molecular weight excluding hydrogens is 423 g/mol. The molecule has 1 spiro atoms. The molecule has 3 aliphatic rings. The maximum atomic E-state index is 14.7. The van der Waals surface area contributed by atoms with Crippen LogP contribution in [0.1, 0.15) is 19.4 Å². The Morgan fingerprint density at radius 1 is 0.879 bits per heavy atom. The number of benzene rings is 2. The Morgan fingerprint density at radius 3 is 2.12 bits per heavy atom. The molecule has 172 valence electrons. The summed E-state index contributed by atoms with van der Waals surface area (Å²) in [5, 5.41) is 0. The van der Waals surface area contributed by atoms with Gasteiger partial charge in [-0.25, -0.2) is 9.18 Å². The van der Waals surface area contributed by atoms with E-state index in [0.717, 1.165) is 11.3 Å². The van der Waals surface area contributed by atoms with Gasteiger partial charge >= 0.3 is 6.03 Å². The van der Waals surface area contributed by atoms with Gasteiger partial charge in [0, 0.05) is 38.4 Å². The molecule has 7 nitrogen and oxygen atoms in total. The number of hydrogen-bond donors (Lipinski definition) is 0. The Hall–Kier alpha value is -3.42. The van der Waals surface area contributed by atoms with Crippen LogP contribution in [0.4, 0.5) is 20.6 Å². The molecule has 33 heavy (non-hydrogen) atoms. The highest BCUT2D eigenvalue weighted by atomic mass is 19.1. The molecule has 2 fully saturated rings. The molecule has 0 aromatic heterocycles. The maximum absolute atomic E-state index is 14.7. The van der Waals surface area contributed by atoms with Crippen molar-refractivity contribution in [2.45, 2.75) is 26.3 Å². The Labute approximate surface area is 192 Å². The van der Waals surface area contributed by atoms with Gasteiger partial charge in [0.1, 0.15) is 5.82 Å². The minimum Gasteiger partial charge on any atom is -0.365 e. The SMILES string of the molecule is CCN1C(=O)N(CC)C(=O)C2(Cc3ccccc3N3CCN(c4ccccc4F)CC32)C1=O. The number of halogens is 1. The third-order valence-corrected chi connectivity index (χ3v) is 7.26. The van der Waals surface area contributed by atoms with Crippen molar-refractivity contribution in [2.75, 3.05) is 42.5 Å². The van der Waals surface area contributed by atoms with Gasteiger partial charge in [-0.3, -0.25) is 19.4 Å². The predicted octanol–water partition coefficient (Wildman–Crippen LogP) is 2.89. The monoisotopic (exact) mass is 450 g/mol.